The van der Waals surface area contributed by atoms with E-state index in [-0.39, 0.29) is 11.6 Å². The predicted octanol–water partition coefficient (Wildman–Crippen LogP) is -2.15. The van der Waals surface area contributed by atoms with E-state index in [1.807, 2.05) is 7.05 Å². The molecule has 0 saturated carbocycles. The van der Waals surface area contributed by atoms with Crippen LogP contribution in [0.15, 0.2) is 0 Å². The highest BCUT2D eigenvalue weighted by atomic mass is 32.1. The monoisotopic (exact) mass is 398 g/mol. The molecule has 1 atom stereocenters. The van der Waals surface area contributed by atoms with Gasteiger partial charge in [0.2, 0.25) is 0 Å². The van der Waals surface area contributed by atoms with Crippen LogP contribution in [0.1, 0.15) is 20.4 Å². The summed E-state index contributed by atoms with van der Waals surface area (Å²) in [6, 6.07) is -1.16. The number of fused-ring (bicyclic) bond motifs is 1. The van der Waals surface area contributed by atoms with E-state index in [1.165, 1.54) is 25.5 Å². The van der Waals surface area contributed by atoms with Gasteiger partial charge in [-0.05, 0) is 7.05 Å². The summed E-state index contributed by atoms with van der Waals surface area (Å²) in [4.78, 5) is 59.4. The second kappa shape index (κ2) is 8.88. The summed E-state index contributed by atoms with van der Waals surface area (Å²) in [5, 5.41) is 5.86. The summed E-state index contributed by atoms with van der Waals surface area (Å²) >= 11 is 1.26. The Labute approximate surface area is 159 Å². The molecule has 0 fully saturated rings. The first-order valence-electron chi connectivity index (χ1n) is 8.10. The normalized spacial score (nSPS) is 14.8. The second-order valence-electron chi connectivity index (χ2n) is 6.00. The minimum absolute atomic E-state index is 0.231. The second-order valence-corrected chi connectivity index (χ2v) is 7.08. The van der Waals surface area contributed by atoms with Crippen molar-refractivity contribution in [3.63, 3.8) is 0 Å². The van der Waals surface area contributed by atoms with Crippen LogP contribution in [0.4, 0.5) is 0 Å². The van der Waals surface area contributed by atoms with Crippen LogP contribution < -0.4 is 16.4 Å². The van der Waals surface area contributed by atoms with E-state index >= 15 is 0 Å². The minimum Gasteiger partial charge on any atom is -0.361 e. The molecule has 2 heterocycles. The largest absolute Gasteiger partial charge is 0.361 e. The lowest BCUT2D eigenvalue weighted by Gasteiger charge is -2.22. The number of likely N-dealkylation sites (N-methyl/N-ethyl adjacent to an activating group) is 2. The van der Waals surface area contributed by atoms with Crippen molar-refractivity contribution in [2.75, 3.05) is 34.3 Å². The molecule has 0 radical (unpaired) electrons. The molecular weight excluding hydrogens is 376 g/mol. The predicted molar refractivity (Wildman–Crippen MR) is 95.4 cm³/mol. The number of primary amides is 1. The van der Waals surface area contributed by atoms with E-state index in [2.05, 4.69) is 20.5 Å². The Morgan fingerprint density at radius 1 is 1.41 bits per heavy atom. The molecule has 1 aromatic heterocycles. The van der Waals surface area contributed by atoms with Crippen LogP contribution in [-0.2, 0) is 32.2 Å². The van der Waals surface area contributed by atoms with E-state index in [0.29, 0.717) is 6.54 Å². The summed E-state index contributed by atoms with van der Waals surface area (Å²) in [6.45, 7) is 1.24. The summed E-state index contributed by atoms with van der Waals surface area (Å²) in [5.74, 6) is -3.41. The summed E-state index contributed by atoms with van der Waals surface area (Å²) in [6.07, 6.45) is 0.749. The van der Waals surface area contributed by atoms with Gasteiger partial charge in [0.15, 0.2) is 5.01 Å². The van der Waals surface area contributed by atoms with Crippen molar-refractivity contribution in [2.45, 2.75) is 19.0 Å². The molecule has 1 unspecified atom stereocenters. The molecule has 12 heteroatoms. The van der Waals surface area contributed by atoms with Crippen LogP contribution in [0, 0.1) is 0 Å². The third-order valence-corrected chi connectivity index (χ3v) is 5.08. The Morgan fingerprint density at radius 3 is 2.74 bits per heavy atom. The zero-order valence-electron chi connectivity index (χ0n) is 15.3. The molecule has 4 N–H and O–H groups in total. The number of carbonyl (C=O) groups excluding carboxylic acids is 4. The third-order valence-electron chi connectivity index (χ3n) is 3.99. The number of aromatic nitrogens is 1. The van der Waals surface area contributed by atoms with Crippen LogP contribution in [0.2, 0.25) is 0 Å². The summed E-state index contributed by atoms with van der Waals surface area (Å²) < 4.78 is 0. The van der Waals surface area contributed by atoms with Crippen molar-refractivity contribution in [1.29, 1.82) is 0 Å². The first kappa shape index (κ1) is 20.7. The maximum absolute atomic E-state index is 12.6. The molecule has 1 aliphatic rings. The number of carbonyl (C=O) groups is 4. The molecule has 0 aromatic carbocycles. The standard InChI is InChI=1S/C15H22N6O5S/c1-20-5-4-8-10(7-20)27-14(19-8)13(24)18-9(15(25)21(2)26-3)6-17-12(23)11(16)22/h9H,4-7H2,1-3H3,(H2,16,22)(H,17,23)(H,18,24). The highest BCUT2D eigenvalue weighted by Crippen LogP contribution is 2.24. The molecule has 0 spiro atoms. The number of hydrogen-bond donors (Lipinski definition) is 3. The van der Waals surface area contributed by atoms with Crippen LogP contribution in [0.25, 0.3) is 0 Å². The fourth-order valence-corrected chi connectivity index (χ4v) is 3.52. The molecule has 0 bridgehead atoms. The Balaban J connectivity index is 2.11. The van der Waals surface area contributed by atoms with Crippen molar-refractivity contribution in [3.8, 4) is 0 Å². The average molecular weight is 398 g/mol. The Hall–Kier alpha value is -2.57. The number of hydroxylamine groups is 2. The van der Waals surface area contributed by atoms with Crippen molar-refractivity contribution in [2.24, 2.45) is 5.73 Å². The van der Waals surface area contributed by atoms with Gasteiger partial charge in [0.1, 0.15) is 6.04 Å². The number of nitrogens with one attached hydrogen (secondary N) is 2. The number of amides is 4. The van der Waals surface area contributed by atoms with Gasteiger partial charge in [-0.2, -0.15) is 0 Å². The van der Waals surface area contributed by atoms with Crippen LogP contribution in [-0.4, -0.2) is 78.9 Å². The maximum atomic E-state index is 12.6. The van der Waals surface area contributed by atoms with Crippen LogP contribution in [0.5, 0.6) is 0 Å². The number of hydrogen-bond acceptors (Lipinski definition) is 8. The third kappa shape index (κ3) is 5.21. The van der Waals surface area contributed by atoms with E-state index in [1.54, 1.807) is 0 Å². The van der Waals surface area contributed by atoms with Crippen molar-refractivity contribution in [3.05, 3.63) is 15.6 Å². The molecule has 1 aliphatic heterocycles. The molecule has 0 saturated heterocycles. The topological polar surface area (TPSA) is 147 Å². The van der Waals surface area contributed by atoms with Gasteiger partial charge in [-0.25, -0.2) is 10.0 Å². The molecule has 27 heavy (non-hydrogen) atoms. The fraction of sp³-hybridized carbons (Fsp3) is 0.533. The quantitative estimate of drug-likeness (QED) is 0.366. The van der Waals surface area contributed by atoms with Gasteiger partial charge < -0.3 is 21.3 Å². The summed E-state index contributed by atoms with van der Waals surface area (Å²) in [5.41, 5.74) is 5.75. The minimum atomic E-state index is -1.19. The first-order valence-corrected chi connectivity index (χ1v) is 8.91. The molecule has 4 amide bonds. The zero-order valence-corrected chi connectivity index (χ0v) is 16.1. The number of thiazole rings is 1. The van der Waals surface area contributed by atoms with Crippen LogP contribution >= 0.6 is 11.3 Å². The molecule has 0 aliphatic carbocycles. The fourth-order valence-electron chi connectivity index (χ4n) is 2.43. The number of rotatable bonds is 6. The first-order chi connectivity index (χ1) is 12.7. The van der Waals surface area contributed by atoms with Gasteiger partial charge in [0.25, 0.3) is 11.8 Å². The Kier molecular flexibility index (Phi) is 6.82. The van der Waals surface area contributed by atoms with Crippen molar-refractivity contribution in [1.82, 2.24) is 25.6 Å². The highest BCUT2D eigenvalue weighted by Gasteiger charge is 2.28. The maximum Gasteiger partial charge on any atom is 0.309 e. The smallest absolute Gasteiger partial charge is 0.309 e. The lowest BCUT2D eigenvalue weighted by atomic mass is 10.2. The number of nitrogens with two attached hydrogens (primary N) is 1. The highest BCUT2D eigenvalue weighted by molar-refractivity contribution is 7.13. The average Bonchev–Trinajstić information content (AvgIpc) is 3.06. The van der Waals surface area contributed by atoms with Gasteiger partial charge >= 0.3 is 11.8 Å². The summed E-state index contributed by atoms with van der Waals surface area (Å²) in [7, 11) is 4.62. The SMILES string of the molecule is CON(C)C(=O)C(CNC(=O)C(N)=O)NC(=O)c1nc2c(s1)CN(C)CC2. The molecule has 1 aromatic rings. The van der Waals surface area contributed by atoms with E-state index < -0.39 is 29.7 Å². The van der Waals surface area contributed by atoms with E-state index in [4.69, 9.17) is 10.6 Å². The molecule has 2 rings (SSSR count). The van der Waals surface area contributed by atoms with Gasteiger partial charge in [-0.1, -0.05) is 0 Å². The molecule has 11 nitrogen and oxygen atoms in total. The van der Waals surface area contributed by atoms with Gasteiger partial charge in [-0.15, -0.1) is 11.3 Å². The van der Waals surface area contributed by atoms with Crippen LogP contribution in [0.3, 0.4) is 0 Å². The van der Waals surface area contributed by atoms with Gasteiger partial charge in [0, 0.05) is 38.0 Å². The Bertz CT molecular complexity index is 751. The van der Waals surface area contributed by atoms with E-state index in [9.17, 15) is 19.2 Å². The van der Waals surface area contributed by atoms with Crippen molar-refractivity contribution >= 4 is 35.0 Å². The van der Waals surface area contributed by atoms with E-state index in [0.717, 1.165) is 28.6 Å². The lowest BCUT2D eigenvalue weighted by molar-refractivity contribution is -0.170. The van der Waals surface area contributed by atoms with Gasteiger partial charge in [0.05, 0.1) is 12.8 Å². The van der Waals surface area contributed by atoms with Crippen molar-refractivity contribution < 1.29 is 24.0 Å². The molecular formula is C15H22N6O5S. The molecule has 148 valence electrons. The Morgan fingerprint density at radius 2 is 2.11 bits per heavy atom. The zero-order chi connectivity index (χ0) is 20.1. The van der Waals surface area contributed by atoms with Gasteiger partial charge in [-0.3, -0.25) is 24.0 Å². The lowest BCUT2D eigenvalue weighted by Crippen LogP contribution is -2.53. The number of nitrogens with zero attached hydrogens (tertiary/aromatic N) is 3.